The number of carbonyl (C=O) groups is 1. The van der Waals surface area contributed by atoms with E-state index in [1.807, 2.05) is 37.3 Å². The van der Waals surface area contributed by atoms with Crippen LogP contribution in [0.4, 0.5) is 0 Å². The van der Waals surface area contributed by atoms with Crippen molar-refractivity contribution in [2.75, 3.05) is 13.2 Å². The van der Waals surface area contributed by atoms with Crippen LogP contribution in [0.5, 0.6) is 5.75 Å². The first-order valence-corrected chi connectivity index (χ1v) is 7.20. The summed E-state index contributed by atoms with van der Waals surface area (Å²) in [5, 5.41) is 19.1. The number of benzene rings is 1. The maximum Gasteiger partial charge on any atom is 0.276 e. The van der Waals surface area contributed by atoms with E-state index >= 15 is 0 Å². The second kappa shape index (κ2) is 7.56. The molecule has 5 heteroatoms. The minimum atomic E-state index is -0.345. The van der Waals surface area contributed by atoms with Crippen LogP contribution < -0.4 is 0 Å². The second-order valence-electron chi connectivity index (χ2n) is 5.33. The number of aliphatic hydroxyl groups is 1. The van der Waals surface area contributed by atoms with Gasteiger partial charge in [0.05, 0.1) is 0 Å². The lowest BCUT2D eigenvalue weighted by Gasteiger charge is -2.25. The summed E-state index contributed by atoms with van der Waals surface area (Å²) in [5.41, 5.74) is 1.01. The van der Waals surface area contributed by atoms with Gasteiger partial charge in [0.1, 0.15) is 5.75 Å². The first-order chi connectivity index (χ1) is 10.6. The first-order valence-electron chi connectivity index (χ1n) is 7.20. The number of carbonyl (C=O) groups excluding carboxylic acids is 1. The zero-order valence-electron chi connectivity index (χ0n) is 12.5. The van der Waals surface area contributed by atoms with Crippen LogP contribution in [-0.2, 0) is 6.54 Å². The van der Waals surface area contributed by atoms with Gasteiger partial charge in [0.2, 0.25) is 0 Å². The minimum Gasteiger partial charge on any atom is -0.505 e. The minimum absolute atomic E-state index is 0.00717. The highest BCUT2D eigenvalue weighted by Gasteiger charge is 2.22. The van der Waals surface area contributed by atoms with Gasteiger partial charge in [0.25, 0.3) is 5.91 Å². The number of aromatic hydroxyl groups is 1. The van der Waals surface area contributed by atoms with E-state index in [4.69, 9.17) is 0 Å². The molecule has 116 valence electrons. The van der Waals surface area contributed by atoms with Crippen LogP contribution >= 0.6 is 0 Å². The summed E-state index contributed by atoms with van der Waals surface area (Å²) in [7, 11) is 0. The Balaban J connectivity index is 2.23. The number of rotatable bonds is 6. The van der Waals surface area contributed by atoms with E-state index in [1.54, 1.807) is 11.0 Å². The molecule has 1 aromatic carbocycles. The topological polar surface area (TPSA) is 73.7 Å². The van der Waals surface area contributed by atoms with Crippen molar-refractivity contribution >= 4 is 5.91 Å². The van der Waals surface area contributed by atoms with E-state index in [9.17, 15) is 15.0 Å². The molecule has 0 spiro atoms. The number of aromatic nitrogens is 1. The number of hydrogen-bond donors (Lipinski definition) is 2. The Morgan fingerprint density at radius 3 is 2.59 bits per heavy atom. The molecule has 0 unspecified atom stereocenters. The number of amides is 1. The van der Waals surface area contributed by atoms with E-state index in [1.165, 1.54) is 12.3 Å². The molecule has 0 aliphatic rings. The SMILES string of the molecule is C[C@H](CO)CN(Cc1ccccc1)C(=O)c1ncccc1O. The Kier molecular flexibility index (Phi) is 5.49. The van der Waals surface area contributed by atoms with Crippen molar-refractivity contribution in [2.45, 2.75) is 13.5 Å². The summed E-state index contributed by atoms with van der Waals surface area (Å²) in [6, 6.07) is 12.6. The average Bonchev–Trinajstić information content (AvgIpc) is 2.55. The van der Waals surface area contributed by atoms with Gasteiger partial charge in [-0.05, 0) is 23.6 Å². The fourth-order valence-electron chi connectivity index (χ4n) is 2.17. The number of aliphatic hydroxyl groups excluding tert-OH is 1. The van der Waals surface area contributed by atoms with E-state index in [2.05, 4.69) is 4.98 Å². The van der Waals surface area contributed by atoms with Crippen molar-refractivity contribution in [1.82, 2.24) is 9.88 Å². The molecule has 0 saturated heterocycles. The van der Waals surface area contributed by atoms with Crippen molar-refractivity contribution in [3.63, 3.8) is 0 Å². The van der Waals surface area contributed by atoms with Crippen LogP contribution in [-0.4, -0.2) is 39.2 Å². The zero-order valence-corrected chi connectivity index (χ0v) is 12.5. The Hall–Kier alpha value is -2.40. The van der Waals surface area contributed by atoms with E-state index in [0.29, 0.717) is 13.1 Å². The standard InChI is InChI=1S/C17H20N2O3/c1-13(12-20)10-19(11-14-6-3-2-4-7-14)17(22)16-15(21)8-5-9-18-16/h2-9,13,20-21H,10-12H2,1H3/t13-/m0/s1. The quantitative estimate of drug-likeness (QED) is 0.856. The Labute approximate surface area is 129 Å². The maximum atomic E-state index is 12.6. The van der Waals surface area contributed by atoms with Gasteiger partial charge in [-0.2, -0.15) is 0 Å². The number of pyridine rings is 1. The molecule has 22 heavy (non-hydrogen) atoms. The van der Waals surface area contributed by atoms with E-state index in [0.717, 1.165) is 5.56 Å². The predicted molar refractivity (Wildman–Crippen MR) is 83.3 cm³/mol. The average molecular weight is 300 g/mol. The molecule has 0 radical (unpaired) electrons. The van der Waals surface area contributed by atoms with Crippen molar-refractivity contribution in [2.24, 2.45) is 5.92 Å². The largest absolute Gasteiger partial charge is 0.505 e. The van der Waals surface area contributed by atoms with Gasteiger partial charge in [-0.3, -0.25) is 4.79 Å². The Morgan fingerprint density at radius 1 is 1.23 bits per heavy atom. The van der Waals surface area contributed by atoms with Gasteiger partial charge in [0, 0.05) is 25.9 Å². The normalized spacial score (nSPS) is 11.9. The molecule has 0 aliphatic heterocycles. The summed E-state index contributed by atoms with van der Waals surface area (Å²) in [5.74, 6) is -0.539. The fourth-order valence-corrected chi connectivity index (χ4v) is 2.17. The van der Waals surface area contributed by atoms with Gasteiger partial charge in [-0.1, -0.05) is 37.3 Å². The fraction of sp³-hybridized carbons (Fsp3) is 0.294. The molecule has 2 N–H and O–H groups in total. The Morgan fingerprint density at radius 2 is 1.95 bits per heavy atom. The second-order valence-corrected chi connectivity index (χ2v) is 5.33. The summed E-state index contributed by atoms with van der Waals surface area (Å²) >= 11 is 0. The molecule has 2 rings (SSSR count). The third-order valence-electron chi connectivity index (χ3n) is 3.34. The summed E-state index contributed by atoms with van der Waals surface area (Å²) in [4.78, 5) is 18.2. The molecule has 1 atom stereocenters. The smallest absolute Gasteiger partial charge is 0.276 e. The van der Waals surface area contributed by atoms with Crippen LogP contribution in [0.3, 0.4) is 0 Å². The number of hydrogen-bond acceptors (Lipinski definition) is 4. The van der Waals surface area contributed by atoms with Crippen molar-refractivity contribution in [1.29, 1.82) is 0 Å². The van der Waals surface area contributed by atoms with Gasteiger partial charge >= 0.3 is 0 Å². The third kappa shape index (κ3) is 4.05. The molecule has 2 aromatic rings. The Bertz CT molecular complexity index is 616. The third-order valence-corrected chi connectivity index (χ3v) is 3.34. The van der Waals surface area contributed by atoms with Crippen LogP contribution in [0.1, 0.15) is 23.0 Å². The molecular formula is C17H20N2O3. The predicted octanol–water partition coefficient (Wildman–Crippen LogP) is 2.06. The molecular weight excluding hydrogens is 280 g/mol. The lowest BCUT2D eigenvalue weighted by atomic mass is 10.1. The van der Waals surface area contributed by atoms with Crippen LogP contribution in [0.15, 0.2) is 48.7 Å². The van der Waals surface area contributed by atoms with Crippen LogP contribution in [0.25, 0.3) is 0 Å². The maximum absolute atomic E-state index is 12.6. The van der Waals surface area contributed by atoms with E-state index < -0.39 is 0 Å². The molecule has 1 heterocycles. The van der Waals surface area contributed by atoms with Gasteiger partial charge in [0.15, 0.2) is 5.69 Å². The summed E-state index contributed by atoms with van der Waals surface area (Å²) in [6.07, 6.45) is 1.48. The van der Waals surface area contributed by atoms with Gasteiger partial charge < -0.3 is 15.1 Å². The summed E-state index contributed by atoms with van der Waals surface area (Å²) < 4.78 is 0. The van der Waals surface area contributed by atoms with Crippen molar-refractivity contribution in [3.8, 4) is 5.75 Å². The molecule has 5 nitrogen and oxygen atoms in total. The van der Waals surface area contributed by atoms with E-state index in [-0.39, 0.29) is 29.9 Å². The highest BCUT2D eigenvalue weighted by atomic mass is 16.3. The number of nitrogens with zero attached hydrogens (tertiary/aromatic N) is 2. The monoisotopic (exact) mass is 300 g/mol. The highest BCUT2D eigenvalue weighted by Crippen LogP contribution is 2.18. The molecule has 1 amide bonds. The first kappa shape index (κ1) is 16.0. The van der Waals surface area contributed by atoms with Crippen LogP contribution in [0, 0.1) is 5.92 Å². The van der Waals surface area contributed by atoms with Gasteiger partial charge in [-0.25, -0.2) is 4.98 Å². The van der Waals surface area contributed by atoms with Crippen molar-refractivity contribution < 1.29 is 15.0 Å². The van der Waals surface area contributed by atoms with Gasteiger partial charge in [-0.15, -0.1) is 0 Å². The van der Waals surface area contributed by atoms with Crippen molar-refractivity contribution in [3.05, 3.63) is 59.9 Å². The zero-order chi connectivity index (χ0) is 15.9. The lowest BCUT2D eigenvalue weighted by Crippen LogP contribution is -2.35. The van der Waals surface area contributed by atoms with Crippen LogP contribution in [0.2, 0.25) is 0 Å². The highest BCUT2D eigenvalue weighted by molar-refractivity contribution is 5.94. The molecule has 0 fully saturated rings. The lowest BCUT2D eigenvalue weighted by molar-refractivity contribution is 0.0685. The molecule has 0 aliphatic carbocycles. The molecule has 1 aromatic heterocycles. The molecule has 0 saturated carbocycles. The summed E-state index contributed by atoms with van der Waals surface area (Å²) in [6.45, 7) is 2.65. The molecule has 0 bridgehead atoms.